The molecule has 1 saturated heterocycles. The molecule has 270 valence electrons. The molecule has 1 aromatic carbocycles. The second kappa shape index (κ2) is 13.9. The molecule has 8 N–H and O–H groups in total. The van der Waals surface area contributed by atoms with Gasteiger partial charge in [-0.3, -0.25) is 19.9 Å². The third-order valence-corrected chi connectivity index (χ3v) is 10.7. The third kappa shape index (κ3) is 6.89. The van der Waals surface area contributed by atoms with Crippen molar-refractivity contribution in [2.45, 2.75) is 44.0 Å². The number of oxime groups is 1. The Bertz CT molecular complexity index is 2230. The number of nitrogens with two attached hydrogens (primary N) is 2. The van der Waals surface area contributed by atoms with Gasteiger partial charge in [0.25, 0.3) is 11.8 Å². The minimum Gasteiger partial charge on any atom is -0.478 e. The average Bonchev–Trinajstić information content (AvgIpc) is 3.69. The Morgan fingerprint density at radius 2 is 2.04 bits per heavy atom. The predicted octanol–water partition coefficient (Wildman–Crippen LogP) is 2.12. The van der Waals surface area contributed by atoms with E-state index in [0.717, 1.165) is 33.2 Å². The van der Waals surface area contributed by atoms with Gasteiger partial charge in [0.15, 0.2) is 29.8 Å². The molecule has 0 aliphatic carbocycles. The molecule has 2 amide bonds. The molecule has 6 rings (SSSR count). The number of β-lactam (4-membered cyclic amide) rings is 1. The number of fused-ring (bicyclic) bond motifs is 2. The summed E-state index contributed by atoms with van der Waals surface area (Å²) in [5.74, 6) is -4.89. The van der Waals surface area contributed by atoms with Crippen LogP contribution in [0.5, 0.6) is 0 Å². The Kier molecular flexibility index (Phi) is 9.69. The van der Waals surface area contributed by atoms with Gasteiger partial charge in [-0.05, 0) is 32.0 Å². The molecule has 2 atom stereocenters. The molecule has 2 aliphatic rings. The highest BCUT2D eigenvalue weighted by atomic mass is 35.5. The van der Waals surface area contributed by atoms with Crippen molar-refractivity contribution in [1.82, 2.24) is 19.8 Å². The smallest absolute Gasteiger partial charge is 0.352 e. The fraction of sp³-hybridized carbons (Fsp3) is 0.250. The molecule has 1 fully saturated rings. The Labute approximate surface area is 307 Å². The van der Waals surface area contributed by atoms with E-state index >= 15 is 0 Å². The van der Waals surface area contributed by atoms with Gasteiger partial charge in [-0.25, -0.2) is 23.5 Å². The standard InChI is InChI=1S/C32H29ClFN9O7S2/c1-32(2,30(48)49)50-40-22(20-13-52-31(37)38-20)26(44)39-23-27(45)43-24(29(46)47)16(12-51-28(23)43)10-41-5-4-21-14(9-41)3-6-42(21)11-17-18(33)7-15(25(35)36)8-19(17)34/h3-9,13,23,28H,10-12H2,1-2H3,(H7-,35,36,37,38,39,44,46,47,48,49)/p+1/b40-22-/t23-,28-/m1/s1. The Balaban J connectivity index is 1.19. The van der Waals surface area contributed by atoms with E-state index in [1.54, 1.807) is 33.8 Å². The molecule has 20 heteroatoms. The average molecular weight is 771 g/mol. The van der Waals surface area contributed by atoms with Gasteiger partial charge in [0.05, 0.1) is 17.4 Å². The van der Waals surface area contributed by atoms with E-state index in [1.807, 2.05) is 6.07 Å². The van der Waals surface area contributed by atoms with Gasteiger partial charge in [0.2, 0.25) is 5.60 Å². The molecule has 0 saturated carbocycles. The SMILES string of the molecule is CC(C)(O/N=C(\C(=O)N[C@@H]1C(=O)N2C(C(=O)O)=C(C[n+]3ccc4c(ccn4Cc4c(F)cc(C(=N)N)cc4Cl)c3)CS[C@H]12)c1csc(N)n1)C(=O)O. The van der Waals surface area contributed by atoms with E-state index in [4.69, 9.17) is 33.3 Å². The first-order chi connectivity index (χ1) is 24.5. The molecule has 4 aromatic rings. The molecule has 5 heterocycles. The van der Waals surface area contributed by atoms with Crippen molar-refractivity contribution in [3.05, 3.63) is 87.2 Å². The van der Waals surface area contributed by atoms with Crippen LogP contribution in [0.3, 0.4) is 0 Å². The first-order valence-corrected chi connectivity index (χ1v) is 17.6. The number of aromatic nitrogens is 3. The molecule has 16 nitrogen and oxygen atoms in total. The number of benzene rings is 1. The number of carbonyl (C=O) groups excluding carboxylic acids is 2. The van der Waals surface area contributed by atoms with Crippen molar-refractivity contribution in [2.24, 2.45) is 10.9 Å². The zero-order valence-corrected chi connectivity index (χ0v) is 29.7. The molecule has 52 heavy (non-hydrogen) atoms. The van der Waals surface area contributed by atoms with Crippen LogP contribution in [0, 0.1) is 11.2 Å². The van der Waals surface area contributed by atoms with Crippen LogP contribution in [-0.4, -0.2) is 82.7 Å². The Morgan fingerprint density at radius 1 is 1.29 bits per heavy atom. The lowest BCUT2D eigenvalue weighted by Gasteiger charge is -2.49. The monoisotopic (exact) mass is 770 g/mol. The van der Waals surface area contributed by atoms with Gasteiger partial charge in [0.1, 0.15) is 34.5 Å². The summed E-state index contributed by atoms with van der Waals surface area (Å²) in [5.41, 5.74) is 10.4. The number of amidine groups is 1. The van der Waals surface area contributed by atoms with Crippen molar-refractivity contribution in [3.8, 4) is 0 Å². The maximum atomic E-state index is 14.9. The summed E-state index contributed by atoms with van der Waals surface area (Å²) in [7, 11) is 0. The number of thioether (sulfide) groups is 1. The number of carboxylic acid groups (broad SMARTS) is 2. The number of halogens is 2. The van der Waals surface area contributed by atoms with Crippen LogP contribution >= 0.6 is 34.7 Å². The quantitative estimate of drug-likeness (QED) is 0.0401. The van der Waals surface area contributed by atoms with Crippen molar-refractivity contribution in [2.75, 3.05) is 11.5 Å². The number of carboxylic acids is 2. The largest absolute Gasteiger partial charge is 0.478 e. The summed E-state index contributed by atoms with van der Waals surface area (Å²) in [6, 6.07) is 5.09. The van der Waals surface area contributed by atoms with E-state index in [1.165, 1.54) is 37.1 Å². The first-order valence-electron chi connectivity index (χ1n) is 15.3. The van der Waals surface area contributed by atoms with E-state index < -0.39 is 52.3 Å². The normalized spacial score (nSPS) is 17.5. The summed E-state index contributed by atoms with van der Waals surface area (Å²) in [5, 5.41) is 35.1. The van der Waals surface area contributed by atoms with Crippen LogP contribution in [-0.2, 0) is 37.1 Å². The molecule has 3 aromatic heterocycles. The zero-order valence-electron chi connectivity index (χ0n) is 27.3. The van der Waals surface area contributed by atoms with Gasteiger partial charge < -0.3 is 36.4 Å². The second-order valence-corrected chi connectivity index (χ2v) is 14.7. The minimum absolute atomic E-state index is 0.00172. The van der Waals surface area contributed by atoms with Crippen LogP contribution in [0.15, 0.2) is 64.7 Å². The number of hydrogen-bond acceptors (Lipinski definition) is 11. The summed E-state index contributed by atoms with van der Waals surface area (Å²) in [6.07, 6.45) is 5.30. The summed E-state index contributed by atoms with van der Waals surface area (Å²) >= 11 is 8.59. The maximum Gasteiger partial charge on any atom is 0.352 e. The summed E-state index contributed by atoms with van der Waals surface area (Å²) < 4.78 is 18.4. The molecular formula is C32H30ClFN9O7S2+. The van der Waals surface area contributed by atoms with Crippen molar-refractivity contribution < 1.29 is 43.2 Å². The Hall–Kier alpha value is -5.53. The van der Waals surface area contributed by atoms with Crippen LogP contribution < -0.4 is 21.4 Å². The number of amides is 2. The number of aliphatic carboxylic acids is 2. The molecule has 0 spiro atoms. The number of carbonyl (C=O) groups is 4. The van der Waals surface area contributed by atoms with Gasteiger partial charge in [0, 0.05) is 45.1 Å². The zero-order chi connectivity index (χ0) is 37.6. The second-order valence-electron chi connectivity index (χ2n) is 12.3. The number of thiazole rings is 1. The van der Waals surface area contributed by atoms with E-state index in [-0.39, 0.29) is 57.4 Å². The first kappa shape index (κ1) is 36.3. The number of hydrogen-bond donors (Lipinski definition) is 6. The summed E-state index contributed by atoms with van der Waals surface area (Å²) in [4.78, 5) is 61.1. The number of pyridine rings is 1. The van der Waals surface area contributed by atoms with Crippen LogP contribution in [0.2, 0.25) is 5.02 Å². The van der Waals surface area contributed by atoms with E-state index in [2.05, 4.69) is 15.5 Å². The number of anilines is 1. The van der Waals surface area contributed by atoms with Crippen molar-refractivity contribution >= 4 is 86.0 Å². The summed E-state index contributed by atoms with van der Waals surface area (Å²) in [6.45, 7) is 2.71. The molecule has 0 bridgehead atoms. The van der Waals surface area contributed by atoms with Gasteiger partial charge in [-0.1, -0.05) is 16.8 Å². The van der Waals surface area contributed by atoms with Crippen LogP contribution in [0.1, 0.15) is 30.7 Å². The predicted molar refractivity (Wildman–Crippen MR) is 189 cm³/mol. The van der Waals surface area contributed by atoms with Crippen LogP contribution in [0.25, 0.3) is 10.9 Å². The van der Waals surface area contributed by atoms with Crippen molar-refractivity contribution in [3.63, 3.8) is 0 Å². The molecule has 0 unspecified atom stereocenters. The highest BCUT2D eigenvalue weighted by Crippen LogP contribution is 2.40. The van der Waals surface area contributed by atoms with Crippen molar-refractivity contribution in [1.29, 1.82) is 5.41 Å². The highest BCUT2D eigenvalue weighted by Gasteiger charge is 2.55. The maximum absolute atomic E-state index is 14.9. The van der Waals surface area contributed by atoms with E-state index in [9.17, 15) is 33.8 Å². The topological polar surface area (TPSA) is 243 Å². The number of rotatable bonds is 12. The number of nitrogens with zero attached hydrogens (tertiary/aromatic N) is 5. The number of nitrogen functional groups attached to an aromatic ring is 2. The fourth-order valence-electron chi connectivity index (χ4n) is 5.54. The molecule has 2 aliphatic heterocycles. The highest BCUT2D eigenvalue weighted by molar-refractivity contribution is 8.00. The molecular weight excluding hydrogens is 741 g/mol. The molecule has 0 radical (unpaired) electrons. The number of nitrogens with one attached hydrogen (secondary N) is 2. The lowest BCUT2D eigenvalue weighted by atomic mass is 10.0. The lowest BCUT2D eigenvalue weighted by molar-refractivity contribution is -0.687. The van der Waals surface area contributed by atoms with Gasteiger partial charge >= 0.3 is 11.9 Å². The third-order valence-electron chi connectivity index (χ3n) is 8.32. The van der Waals surface area contributed by atoms with E-state index in [0.29, 0.717) is 5.57 Å². The minimum atomic E-state index is -1.79. The fourth-order valence-corrected chi connectivity index (χ4v) is 7.69. The van der Waals surface area contributed by atoms with Gasteiger partial charge in [-0.2, -0.15) is 0 Å². The lowest BCUT2D eigenvalue weighted by Crippen LogP contribution is -2.71. The Morgan fingerprint density at radius 3 is 2.67 bits per heavy atom. The van der Waals surface area contributed by atoms with Gasteiger partial charge in [-0.15, -0.1) is 23.1 Å². The van der Waals surface area contributed by atoms with Crippen LogP contribution in [0.4, 0.5) is 9.52 Å².